The van der Waals surface area contributed by atoms with Gasteiger partial charge in [-0.25, -0.2) is 0 Å². The van der Waals surface area contributed by atoms with Crippen molar-refractivity contribution in [2.75, 3.05) is 26.2 Å². The van der Waals surface area contributed by atoms with E-state index in [0.29, 0.717) is 34.7 Å². The van der Waals surface area contributed by atoms with Crippen LogP contribution in [0, 0.1) is 0 Å². The molecule has 5 nitrogen and oxygen atoms in total. The van der Waals surface area contributed by atoms with Gasteiger partial charge in [0.25, 0.3) is 5.91 Å². The van der Waals surface area contributed by atoms with E-state index in [1.165, 1.54) is 11.3 Å². The van der Waals surface area contributed by atoms with E-state index in [4.69, 9.17) is 34.8 Å². The Labute approximate surface area is 188 Å². The summed E-state index contributed by atoms with van der Waals surface area (Å²) in [7, 11) is 0. The zero-order valence-corrected chi connectivity index (χ0v) is 18.6. The molecule has 0 atom stereocenters. The van der Waals surface area contributed by atoms with E-state index >= 15 is 0 Å². The van der Waals surface area contributed by atoms with Crippen LogP contribution in [0.2, 0.25) is 15.1 Å². The number of aromatic nitrogens is 2. The smallest absolute Gasteiger partial charge is 0.264 e. The minimum absolute atomic E-state index is 0.0870. The van der Waals surface area contributed by atoms with Crippen LogP contribution in [-0.2, 0) is 13.1 Å². The molecule has 1 aliphatic rings. The lowest BCUT2D eigenvalue weighted by molar-refractivity contribution is 0.0633. The molecule has 29 heavy (non-hydrogen) atoms. The summed E-state index contributed by atoms with van der Waals surface area (Å²) in [6, 6.07) is 7.53. The van der Waals surface area contributed by atoms with Crippen LogP contribution in [0.3, 0.4) is 0 Å². The van der Waals surface area contributed by atoms with E-state index in [-0.39, 0.29) is 5.91 Å². The Balaban J connectivity index is 1.32. The molecule has 152 valence electrons. The van der Waals surface area contributed by atoms with Crippen molar-refractivity contribution in [2.24, 2.45) is 0 Å². The molecule has 0 radical (unpaired) electrons. The van der Waals surface area contributed by atoms with E-state index in [9.17, 15) is 4.79 Å². The number of amides is 1. The van der Waals surface area contributed by atoms with Crippen LogP contribution in [0.5, 0.6) is 0 Å². The molecule has 1 aromatic carbocycles. The summed E-state index contributed by atoms with van der Waals surface area (Å²) >= 11 is 19.6. The maximum atomic E-state index is 12.9. The van der Waals surface area contributed by atoms with Gasteiger partial charge in [-0.3, -0.25) is 14.4 Å². The van der Waals surface area contributed by atoms with Crippen molar-refractivity contribution in [1.29, 1.82) is 0 Å². The van der Waals surface area contributed by atoms with Gasteiger partial charge in [-0.15, -0.1) is 11.3 Å². The monoisotopic (exact) mass is 468 g/mol. The molecule has 9 heteroatoms. The topological polar surface area (TPSA) is 41.4 Å². The molecule has 0 unspecified atom stereocenters. The number of carbonyl (C=O) groups excluding carboxylic acids is 1. The highest BCUT2D eigenvalue weighted by Crippen LogP contribution is 2.23. The third-order valence-electron chi connectivity index (χ3n) is 4.88. The van der Waals surface area contributed by atoms with Crippen LogP contribution < -0.4 is 0 Å². The summed E-state index contributed by atoms with van der Waals surface area (Å²) in [5, 5.41) is 8.11. The molecular weight excluding hydrogens is 451 g/mol. The fraction of sp³-hybridized carbons (Fsp3) is 0.300. The quantitative estimate of drug-likeness (QED) is 0.533. The molecule has 1 saturated heterocycles. The van der Waals surface area contributed by atoms with Gasteiger partial charge < -0.3 is 4.90 Å². The highest BCUT2D eigenvalue weighted by molar-refractivity contribution is 7.12. The second-order valence-electron chi connectivity index (χ2n) is 6.98. The summed E-state index contributed by atoms with van der Waals surface area (Å²) in [6.45, 7) is 4.39. The first kappa shape index (κ1) is 20.7. The van der Waals surface area contributed by atoms with Crippen molar-refractivity contribution in [3.63, 3.8) is 0 Å². The van der Waals surface area contributed by atoms with Crippen molar-refractivity contribution >= 4 is 52.0 Å². The van der Waals surface area contributed by atoms with Crippen molar-refractivity contribution in [3.05, 3.63) is 73.1 Å². The van der Waals surface area contributed by atoms with Crippen molar-refractivity contribution in [1.82, 2.24) is 19.6 Å². The van der Waals surface area contributed by atoms with Crippen LogP contribution >= 0.6 is 46.1 Å². The Morgan fingerprint density at radius 1 is 1.03 bits per heavy atom. The fourth-order valence-corrected chi connectivity index (χ4v) is 4.83. The third kappa shape index (κ3) is 5.13. The largest absolute Gasteiger partial charge is 0.335 e. The zero-order chi connectivity index (χ0) is 20.4. The summed E-state index contributed by atoms with van der Waals surface area (Å²) in [6.07, 6.45) is 3.38. The molecular formula is C20H19Cl3N4OS. The molecule has 3 heterocycles. The van der Waals surface area contributed by atoms with Gasteiger partial charge in [-0.2, -0.15) is 5.10 Å². The predicted octanol–water partition coefficient (Wildman–Crippen LogP) is 4.91. The molecule has 0 bridgehead atoms. The van der Waals surface area contributed by atoms with E-state index < -0.39 is 0 Å². The number of piperazine rings is 1. The minimum atomic E-state index is 0.0870. The van der Waals surface area contributed by atoms with Gasteiger partial charge in [0.2, 0.25) is 0 Å². The number of rotatable bonds is 5. The number of benzene rings is 1. The van der Waals surface area contributed by atoms with Gasteiger partial charge in [0.1, 0.15) is 0 Å². The Hall–Kier alpha value is -1.57. The maximum absolute atomic E-state index is 12.9. The Morgan fingerprint density at radius 3 is 2.52 bits per heavy atom. The molecule has 1 amide bonds. The van der Waals surface area contributed by atoms with Crippen LogP contribution in [0.1, 0.15) is 20.8 Å². The predicted molar refractivity (Wildman–Crippen MR) is 118 cm³/mol. The second kappa shape index (κ2) is 9.06. The molecule has 0 aliphatic carbocycles. The summed E-state index contributed by atoms with van der Waals surface area (Å²) in [5.41, 5.74) is 2.10. The summed E-state index contributed by atoms with van der Waals surface area (Å²) in [4.78, 5) is 17.8. The standard InChI is InChI=1S/C20H19Cl3N4OS/c21-16-2-1-15(18(23)8-16)11-25-3-5-26(6-4-25)20(28)19-7-14(13-29-19)10-27-12-17(22)9-24-27/h1-2,7-9,12-13H,3-6,10-11H2. The lowest BCUT2D eigenvalue weighted by Gasteiger charge is -2.34. The van der Waals surface area contributed by atoms with E-state index in [1.54, 1.807) is 23.1 Å². The molecule has 2 aromatic heterocycles. The minimum Gasteiger partial charge on any atom is -0.335 e. The van der Waals surface area contributed by atoms with E-state index in [1.807, 2.05) is 28.5 Å². The van der Waals surface area contributed by atoms with Crippen molar-refractivity contribution in [2.45, 2.75) is 13.1 Å². The van der Waals surface area contributed by atoms with E-state index in [2.05, 4.69) is 10.00 Å². The summed E-state index contributed by atoms with van der Waals surface area (Å²) < 4.78 is 1.76. The average molecular weight is 470 g/mol. The normalized spacial score (nSPS) is 15.1. The van der Waals surface area contributed by atoms with Crippen molar-refractivity contribution in [3.8, 4) is 0 Å². The molecule has 0 N–H and O–H groups in total. The molecule has 3 aromatic rings. The molecule has 4 rings (SSSR count). The Kier molecular flexibility index (Phi) is 6.47. The van der Waals surface area contributed by atoms with Crippen LogP contribution in [-0.4, -0.2) is 51.7 Å². The number of halogens is 3. The summed E-state index contributed by atoms with van der Waals surface area (Å²) in [5.74, 6) is 0.0870. The van der Waals surface area contributed by atoms with Crippen molar-refractivity contribution < 1.29 is 4.79 Å². The lowest BCUT2D eigenvalue weighted by atomic mass is 10.2. The number of carbonyl (C=O) groups is 1. The van der Waals surface area contributed by atoms with Gasteiger partial charge in [0, 0.05) is 49.0 Å². The van der Waals surface area contributed by atoms with Gasteiger partial charge >= 0.3 is 0 Å². The molecule has 1 aliphatic heterocycles. The van der Waals surface area contributed by atoms with Gasteiger partial charge in [-0.1, -0.05) is 40.9 Å². The molecule has 0 saturated carbocycles. The molecule has 0 spiro atoms. The molecule has 1 fully saturated rings. The number of thiophene rings is 1. The second-order valence-corrected chi connectivity index (χ2v) is 9.17. The average Bonchev–Trinajstić information content (AvgIpc) is 3.33. The van der Waals surface area contributed by atoms with Crippen LogP contribution in [0.25, 0.3) is 0 Å². The first-order valence-corrected chi connectivity index (χ1v) is 11.2. The zero-order valence-electron chi connectivity index (χ0n) is 15.5. The number of hydrogen-bond donors (Lipinski definition) is 0. The maximum Gasteiger partial charge on any atom is 0.264 e. The number of hydrogen-bond acceptors (Lipinski definition) is 4. The Morgan fingerprint density at radius 2 is 1.83 bits per heavy atom. The number of nitrogens with zero attached hydrogens (tertiary/aromatic N) is 4. The van der Waals surface area contributed by atoms with E-state index in [0.717, 1.165) is 35.6 Å². The van der Waals surface area contributed by atoms with Gasteiger partial charge in [0.05, 0.1) is 22.6 Å². The van der Waals surface area contributed by atoms with Crippen LogP contribution in [0.4, 0.5) is 0 Å². The van der Waals surface area contributed by atoms with Crippen LogP contribution in [0.15, 0.2) is 42.0 Å². The SMILES string of the molecule is O=C(c1cc(Cn2cc(Cl)cn2)cs1)N1CCN(Cc2ccc(Cl)cc2Cl)CC1. The highest BCUT2D eigenvalue weighted by Gasteiger charge is 2.23. The Bertz CT molecular complexity index is 1010. The first-order chi connectivity index (χ1) is 14.0. The van der Waals surface area contributed by atoms with Gasteiger partial charge in [-0.05, 0) is 34.7 Å². The highest BCUT2D eigenvalue weighted by atomic mass is 35.5. The third-order valence-corrected chi connectivity index (χ3v) is 6.63. The lowest BCUT2D eigenvalue weighted by Crippen LogP contribution is -2.48. The van der Waals surface area contributed by atoms with Gasteiger partial charge in [0.15, 0.2) is 0 Å². The first-order valence-electron chi connectivity index (χ1n) is 9.19. The fourth-order valence-electron chi connectivity index (χ4n) is 3.34.